The van der Waals surface area contributed by atoms with Crippen LogP contribution in [0.15, 0.2) is 24.3 Å². The van der Waals surface area contributed by atoms with Crippen LogP contribution in [-0.4, -0.2) is 63.9 Å². The molecule has 0 radical (unpaired) electrons. The smallest absolute Gasteiger partial charge is 0.410 e. The number of anilines is 1. The Kier molecular flexibility index (Phi) is 5.19. The van der Waals surface area contributed by atoms with E-state index in [2.05, 4.69) is 17.0 Å². The van der Waals surface area contributed by atoms with Gasteiger partial charge in [-0.25, -0.2) is 4.79 Å². The quantitative estimate of drug-likeness (QED) is 0.843. The predicted octanol–water partition coefficient (Wildman–Crippen LogP) is 2.72. The van der Waals surface area contributed by atoms with Crippen LogP contribution in [0.1, 0.15) is 52.0 Å². The highest BCUT2D eigenvalue weighted by atomic mass is 16.6. The van der Waals surface area contributed by atoms with E-state index in [9.17, 15) is 14.7 Å². The third-order valence-electron chi connectivity index (χ3n) is 6.42. The predicted molar refractivity (Wildman–Crippen MR) is 109 cm³/mol. The van der Waals surface area contributed by atoms with Gasteiger partial charge in [-0.3, -0.25) is 4.79 Å². The number of para-hydroxylation sites is 1. The number of nitrogens with zero attached hydrogens (tertiary/aromatic N) is 3. The molecule has 3 aliphatic rings. The van der Waals surface area contributed by atoms with Crippen molar-refractivity contribution in [1.82, 2.24) is 9.80 Å². The van der Waals surface area contributed by atoms with E-state index in [1.165, 1.54) is 13.8 Å². The Morgan fingerprint density at radius 1 is 1.14 bits per heavy atom. The molecule has 0 spiro atoms. The average Bonchev–Trinajstić information content (AvgIpc) is 2.96. The Morgan fingerprint density at radius 2 is 1.79 bits per heavy atom. The third-order valence-corrected chi connectivity index (χ3v) is 6.42. The first-order valence-corrected chi connectivity index (χ1v) is 10.6. The fraction of sp³-hybridized carbons (Fsp3) is 0.636. The maximum Gasteiger partial charge on any atom is 0.410 e. The topological polar surface area (TPSA) is 73.3 Å². The first kappa shape index (κ1) is 20.0. The fourth-order valence-electron chi connectivity index (χ4n) is 5.17. The van der Waals surface area contributed by atoms with Gasteiger partial charge in [0.05, 0.1) is 13.3 Å². The fourth-order valence-corrected chi connectivity index (χ4v) is 5.17. The van der Waals surface area contributed by atoms with E-state index in [-0.39, 0.29) is 30.1 Å². The van der Waals surface area contributed by atoms with Crippen molar-refractivity contribution in [1.29, 1.82) is 0 Å². The summed E-state index contributed by atoms with van der Waals surface area (Å²) in [6.45, 7) is 6.28. The normalized spacial score (nSPS) is 26.3. The van der Waals surface area contributed by atoms with Crippen molar-refractivity contribution in [3.63, 3.8) is 0 Å². The van der Waals surface area contributed by atoms with Gasteiger partial charge in [-0.2, -0.15) is 0 Å². The Labute approximate surface area is 172 Å². The maximum absolute atomic E-state index is 12.8. The zero-order chi connectivity index (χ0) is 20.8. The molecule has 0 saturated carbocycles. The summed E-state index contributed by atoms with van der Waals surface area (Å²) < 4.78 is 5.28. The summed E-state index contributed by atoms with van der Waals surface area (Å²) in [4.78, 5) is 31.2. The van der Waals surface area contributed by atoms with Crippen LogP contribution in [0.2, 0.25) is 0 Å². The van der Waals surface area contributed by atoms with Crippen LogP contribution in [0.3, 0.4) is 0 Å². The molecule has 4 rings (SSSR count). The monoisotopic (exact) mass is 401 g/mol. The van der Waals surface area contributed by atoms with Gasteiger partial charge in [0.25, 0.3) is 5.91 Å². The highest BCUT2D eigenvalue weighted by molar-refractivity contribution is 5.85. The van der Waals surface area contributed by atoms with Gasteiger partial charge in [-0.05, 0) is 58.1 Å². The molecule has 1 aromatic carbocycles. The van der Waals surface area contributed by atoms with Crippen LogP contribution in [0.25, 0.3) is 0 Å². The molecule has 2 atom stereocenters. The second-order valence-electron chi connectivity index (χ2n) is 8.92. The standard InChI is InChI=1S/C22H31N3O4/c1-4-29-21(27)25-16-9-10-17(25)12-18(11-16)24-14-23(20(26)22(2,3)28)13-15-7-5-6-8-19(15)24/h5-8,16-18,28H,4,9-14H2,1-3H3. The van der Waals surface area contributed by atoms with E-state index in [0.717, 1.165) is 36.9 Å². The van der Waals surface area contributed by atoms with E-state index in [4.69, 9.17) is 4.74 Å². The number of benzene rings is 1. The van der Waals surface area contributed by atoms with E-state index < -0.39 is 5.60 Å². The second kappa shape index (κ2) is 7.52. The summed E-state index contributed by atoms with van der Waals surface area (Å²) in [5.74, 6) is -0.260. The lowest BCUT2D eigenvalue weighted by Gasteiger charge is -2.48. The molecule has 0 aromatic heterocycles. The highest BCUT2D eigenvalue weighted by Crippen LogP contribution is 2.41. The molecule has 2 bridgehead atoms. The Balaban J connectivity index is 1.58. The number of fused-ring (bicyclic) bond motifs is 3. The summed E-state index contributed by atoms with van der Waals surface area (Å²) in [6, 6.07) is 8.80. The van der Waals surface area contributed by atoms with Crippen LogP contribution in [0.5, 0.6) is 0 Å². The molecule has 2 saturated heterocycles. The van der Waals surface area contributed by atoms with Gasteiger partial charge in [-0.15, -0.1) is 0 Å². The minimum atomic E-state index is -1.40. The van der Waals surface area contributed by atoms with E-state index >= 15 is 0 Å². The number of piperidine rings is 1. The van der Waals surface area contributed by atoms with E-state index in [1.807, 2.05) is 24.0 Å². The van der Waals surface area contributed by atoms with Gasteiger partial charge in [-0.1, -0.05) is 18.2 Å². The molecule has 158 valence electrons. The number of ether oxygens (including phenoxy) is 1. The molecule has 1 N–H and O–H groups in total. The lowest BCUT2D eigenvalue weighted by molar-refractivity contribution is -0.148. The molecule has 29 heavy (non-hydrogen) atoms. The SMILES string of the molecule is CCOC(=O)N1C2CCC1CC(N1CN(C(=O)C(C)(C)O)Cc3ccccc31)C2. The molecule has 1 aromatic rings. The van der Waals surface area contributed by atoms with Crippen LogP contribution < -0.4 is 4.90 Å². The van der Waals surface area contributed by atoms with Crippen molar-refractivity contribution in [3.05, 3.63) is 29.8 Å². The first-order chi connectivity index (χ1) is 13.8. The number of hydrogen-bond donors (Lipinski definition) is 1. The summed E-state index contributed by atoms with van der Waals surface area (Å²) in [6.07, 6.45) is 3.54. The third kappa shape index (κ3) is 3.68. The molecule has 2 unspecified atom stereocenters. The molecule has 7 heteroatoms. The van der Waals surface area contributed by atoms with Crippen molar-refractivity contribution in [2.45, 2.75) is 76.7 Å². The summed E-state index contributed by atoms with van der Waals surface area (Å²) in [7, 11) is 0. The highest BCUT2D eigenvalue weighted by Gasteiger charge is 2.46. The number of carbonyl (C=O) groups is 2. The number of rotatable bonds is 3. The lowest BCUT2D eigenvalue weighted by atomic mass is 9.94. The molecule has 3 heterocycles. The van der Waals surface area contributed by atoms with E-state index in [1.54, 1.807) is 4.90 Å². The number of aliphatic hydroxyl groups is 1. The van der Waals surface area contributed by atoms with Crippen LogP contribution >= 0.6 is 0 Å². The Hall–Kier alpha value is -2.28. The second-order valence-corrected chi connectivity index (χ2v) is 8.92. The summed E-state index contributed by atoms with van der Waals surface area (Å²) >= 11 is 0. The summed E-state index contributed by atoms with van der Waals surface area (Å²) in [5.41, 5.74) is 0.849. The van der Waals surface area contributed by atoms with Gasteiger partial charge in [0, 0.05) is 30.4 Å². The van der Waals surface area contributed by atoms with Crippen molar-refractivity contribution in [3.8, 4) is 0 Å². The molecule has 2 fully saturated rings. The Bertz CT molecular complexity index is 777. The molecule has 3 aliphatic heterocycles. The van der Waals surface area contributed by atoms with E-state index in [0.29, 0.717) is 19.8 Å². The molecular formula is C22H31N3O4. The van der Waals surface area contributed by atoms with Crippen molar-refractivity contribution in [2.75, 3.05) is 18.2 Å². The van der Waals surface area contributed by atoms with Crippen molar-refractivity contribution >= 4 is 17.7 Å². The number of hydrogen-bond acceptors (Lipinski definition) is 5. The van der Waals surface area contributed by atoms with Crippen LogP contribution in [0, 0.1) is 0 Å². The van der Waals surface area contributed by atoms with Gasteiger partial charge >= 0.3 is 6.09 Å². The Morgan fingerprint density at radius 3 is 2.41 bits per heavy atom. The molecule has 7 nitrogen and oxygen atoms in total. The minimum Gasteiger partial charge on any atom is -0.450 e. The minimum absolute atomic E-state index is 0.185. The van der Waals surface area contributed by atoms with Crippen molar-refractivity contribution < 1.29 is 19.4 Å². The zero-order valence-electron chi connectivity index (χ0n) is 17.5. The first-order valence-electron chi connectivity index (χ1n) is 10.6. The maximum atomic E-state index is 12.8. The van der Waals surface area contributed by atoms with Gasteiger partial charge in [0.15, 0.2) is 0 Å². The van der Waals surface area contributed by atoms with Crippen LogP contribution in [-0.2, 0) is 16.1 Å². The van der Waals surface area contributed by atoms with Gasteiger partial charge in [0.1, 0.15) is 5.60 Å². The molecule has 2 amide bonds. The average molecular weight is 402 g/mol. The number of carbonyl (C=O) groups excluding carboxylic acids is 2. The molecule has 0 aliphatic carbocycles. The van der Waals surface area contributed by atoms with Gasteiger partial charge < -0.3 is 24.5 Å². The molecular weight excluding hydrogens is 370 g/mol. The number of amides is 2. The van der Waals surface area contributed by atoms with Crippen molar-refractivity contribution in [2.24, 2.45) is 0 Å². The van der Waals surface area contributed by atoms with Crippen LogP contribution in [0.4, 0.5) is 10.5 Å². The largest absolute Gasteiger partial charge is 0.450 e. The lowest BCUT2D eigenvalue weighted by Crippen LogP contribution is -2.58. The zero-order valence-corrected chi connectivity index (χ0v) is 17.5. The summed E-state index contributed by atoms with van der Waals surface area (Å²) in [5, 5.41) is 10.3. The van der Waals surface area contributed by atoms with Gasteiger partial charge in [0.2, 0.25) is 0 Å².